The molecule has 0 bridgehead atoms. The fraction of sp³-hybridized carbons (Fsp3) is 0.231. The minimum Gasteiger partial charge on any atom is -0.497 e. The Bertz CT molecular complexity index is 596. The third-order valence-electron chi connectivity index (χ3n) is 2.76. The Morgan fingerprint density at radius 2 is 2.06 bits per heavy atom. The van der Waals surface area contributed by atoms with Crippen LogP contribution in [0.3, 0.4) is 0 Å². The lowest BCUT2D eigenvalue weighted by molar-refractivity contribution is 0.415. The molecule has 0 saturated carbocycles. The van der Waals surface area contributed by atoms with Gasteiger partial charge in [-0.3, -0.25) is 0 Å². The highest BCUT2D eigenvalue weighted by molar-refractivity contribution is 6.30. The third kappa shape index (κ3) is 2.18. The Balaban J connectivity index is 2.44. The summed E-state index contributed by atoms with van der Waals surface area (Å²) in [6, 6.07) is 9.63. The maximum absolute atomic E-state index is 8.75. The molecule has 1 aromatic heterocycles. The second-order valence-corrected chi connectivity index (χ2v) is 4.15. The van der Waals surface area contributed by atoms with E-state index in [0.717, 1.165) is 22.8 Å². The number of rotatable bonds is 3. The molecule has 0 spiro atoms. The first-order chi connectivity index (χ1) is 8.67. The van der Waals surface area contributed by atoms with Crippen molar-refractivity contribution in [2.24, 2.45) is 7.05 Å². The van der Waals surface area contributed by atoms with Gasteiger partial charge >= 0.3 is 0 Å². The minimum atomic E-state index is 0.249. The highest BCUT2D eigenvalue weighted by Gasteiger charge is 2.14. The highest BCUT2D eigenvalue weighted by Crippen LogP contribution is 2.26. The summed E-state index contributed by atoms with van der Waals surface area (Å²) >= 11 is 6.03. The van der Waals surface area contributed by atoms with Crippen LogP contribution in [0.5, 0.6) is 5.75 Å². The first-order valence-corrected chi connectivity index (χ1v) is 5.77. The van der Waals surface area contributed by atoms with E-state index in [4.69, 9.17) is 21.6 Å². The minimum absolute atomic E-state index is 0.249. The number of benzene rings is 1. The van der Waals surface area contributed by atoms with E-state index < -0.39 is 0 Å². The predicted molar refractivity (Wildman–Crippen MR) is 69.5 cm³/mol. The van der Waals surface area contributed by atoms with Crippen LogP contribution in [0.25, 0.3) is 11.4 Å². The molecule has 0 aliphatic heterocycles. The Hall–Kier alpha value is -1.99. The van der Waals surface area contributed by atoms with Crippen molar-refractivity contribution < 1.29 is 4.74 Å². The Morgan fingerprint density at radius 1 is 1.39 bits per heavy atom. The maximum Gasteiger partial charge on any atom is 0.152 e. The molecule has 0 N–H and O–H groups in total. The molecule has 92 valence electrons. The average Bonchev–Trinajstić information content (AvgIpc) is 2.67. The average molecular weight is 262 g/mol. The quantitative estimate of drug-likeness (QED) is 0.854. The molecule has 0 aliphatic carbocycles. The van der Waals surface area contributed by atoms with E-state index in [0.29, 0.717) is 5.15 Å². The van der Waals surface area contributed by atoms with Crippen LogP contribution in [0.1, 0.15) is 5.69 Å². The predicted octanol–water partition coefficient (Wildman–Crippen LogP) is 2.82. The number of methoxy groups -OCH3 is 1. The fourth-order valence-corrected chi connectivity index (χ4v) is 2.04. The highest BCUT2D eigenvalue weighted by atomic mass is 35.5. The molecular weight excluding hydrogens is 250 g/mol. The van der Waals surface area contributed by atoms with Gasteiger partial charge in [0.1, 0.15) is 11.6 Å². The van der Waals surface area contributed by atoms with Crippen molar-refractivity contribution >= 4 is 11.6 Å². The zero-order chi connectivity index (χ0) is 13.1. The van der Waals surface area contributed by atoms with Gasteiger partial charge in [-0.25, -0.2) is 4.98 Å². The van der Waals surface area contributed by atoms with Gasteiger partial charge in [-0.15, -0.1) is 0 Å². The number of ether oxygens (including phenoxy) is 1. The summed E-state index contributed by atoms with van der Waals surface area (Å²) < 4.78 is 6.95. The molecule has 1 heterocycles. The van der Waals surface area contributed by atoms with Crippen LogP contribution in [-0.4, -0.2) is 16.7 Å². The van der Waals surface area contributed by atoms with Crippen molar-refractivity contribution in [1.29, 1.82) is 5.26 Å². The number of imidazole rings is 1. The van der Waals surface area contributed by atoms with Crippen molar-refractivity contribution in [3.8, 4) is 23.2 Å². The molecule has 0 saturated heterocycles. The molecular formula is C13H12ClN3O. The summed E-state index contributed by atoms with van der Waals surface area (Å²) in [7, 11) is 3.47. The molecule has 0 fully saturated rings. The van der Waals surface area contributed by atoms with Crippen molar-refractivity contribution in [3.05, 3.63) is 35.1 Å². The monoisotopic (exact) mass is 261 g/mol. The van der Waals surface area contributed by atoms with Crippen LogP contribution in [0, 0.1) is 11.3 Å². The molecule has 5 heteroatoms. The lowest BCUT2D eigenvalue weighted by Gasteiger charge is -2.05. The molecule has 0 aliphatic rings. The molecule has 0 radical (unpaired) electrons. The van der Waals surface area contributed by atoms with Crippen LogP contribution in [0.4, 0.5) is 0 Å². The van der Waals surface area contributed by atoms with Gasteiger partial charge in [0.05, 0.1) is 25.3 Å². The van der Waals surface area contributed by atoms with Crippen LogP contribution in [0.15, 0.2) is 24.3 Å². The van der Waals surface area contributed by atoms with Gasteiger partial charge in [0.2, 0.25) is 0 Å². The van der Waals surface area contributed by atoms with E-state index >= 15 is 0 Å². The molecule has 2 rings (SSSR count). The third-order valence-corrected chi connectivity index (χ3v) is 3.06. The Labute approximate surface area is 110 Å². The summed E-state index contributed by atoms with van der Waals surface area (Å²) in [5.41, 5.74) is 1.66. The maximum atomic E-state index is 8.75. The van der Waals surface area contributed by atoms with Crippen molar-refractivity contribution in [2.75, 3.05) is 7.11 Å². The Kier molecular flexibility index (Phi) is 3.54. The van der Waals surface area contributed by atoms with Gasteiger partial charge in [-0.2, -0.15) is 5.26 Å². The molecule has 18 heavy (non-hydrogen) atoms. The van der Waals surface area contributed by atoms with Crippen molar-refractivity contribution in [1.82, 2.24) is 9.55 Å². The molecule has 0 amide bonds. The van der Waals surface area contributed by atoms with Gasteiger partial charge in [-0.05, 0) is 24.3 Å². The van der Waals surface area contributed by atoms with Crippen molar-refractivity contribution in [2.45, 2.75) is 6.42 Å². The first kappa shape index (κ1) is 12.5. The second kappa shape index (κ2) is 5.11. The standard InChI is InChI=1S/C13H12ClN3O/c1-17-11(7-8-15)12(14)16-13(17)9-3-5-10(18-2)6-4-9/h3-6H,7H2,1-2H3. The fourth-order valence-electron chi connectivity index (χ4n) is 1.76. The van der Waals surface area contributed by atoms with Gasteiger partial charge in [-0.1, -0.05) is 11.6 Å². The topological polar surface area (TPSA) is 50.8 Å². The molecule has 1 aromatic carbocycles. The Morgan fingerprint density at radius 3 is 2.61 bits per heavy atom. The van der Waals surface area contributed by atoms with Gasteiger partial charge in [0.15, 0.2) is 5.15 Å². The molecule has 4 nitrogen and oxygen atoms in total. The number of aromatic nitrogens is 2. The SMILES string of the molecule is COc1ccc(-c2nc(Cl)c(CC#N)n2C)cc1. The summed E-state index contributed by atoms with van der Waals surface area (Å²) in [5, 5.41) is 9.13. The number of nitriles is 1. The lowest BCUT2D eigenvalue weighted by Crippen LogP contribution is -1.98. The summed E-state index contributed by atoms with van der Waals surface area (Å²) in [6.07, 6.45) is 0.249. The normalized spacial score (nSPS) is 10.1. The van der Waals surface area contributed by atoms with E-state index in [9.17, 15) is 0 Å². The second-order valence-electron chi connectivity index (χ2n) is 3.80. The van der Waals surface area contributed by atoms with Crippen LogP contribution >= 0.6 is 11.6 Å². The van der Waals surface area contributed by atoms with E-state index in [1.165, 1.54) is 0 Å². The van der Waals surface area contributed by atoms with E-state index in [-0.39, 0.29) is 6.42 Å². The zero-order valence-electron chi connectivity index (χ0n) is 10.1. The number of hydrogen-bond acceptors (Lipinski definition) is 3. The number of hydrogen-bond donors (Lipinski definition) is 0. The van der Waals surface area contributed by atoms with E-state index in [2.05, 4.69) is 11.1 Å². The molecule has 0 atom stereocenters. The largest absolute Gasteiger partial charge is 0.497 e. The van der Waals surface area contributed by atoms with E-state index in [1.807, 2.05) is 35.9 Å². The lowest BCUT2D eigenvalue weighted by atomic mass is 10.2. The van der Waals surface area contributed by atoms with Crippen molar-refractivity contribution in [3.63, 3.8) is 0 Å². The molecule has 2 aromatic rings. The summed E-state index contributed by atoms with van der Waals surface area (Å²) in [5.74, 6) is 1.53. The van der Waals surface area contributed by atoms with E-state index in [1.54, 1.807) is 7.11 Å². The van der Waals surface area contributed by atoms with Gasteiger partial charge in [0.25, 0.3) is 0 Å². The van der Waals surface area contributed by atoms with Crippen LogP contribution < -0.4 is 4.74 Å². The summed E-state index contributed by atoms with van der Waals surface area (Å²) in [4.78, 5) is 4.29. The zero-order valence-corrected chi connectivity index (χ0v) is 10.9. The first-order valence-electron chi connectivity index (χ1n) is 5.40. The van der Waals surface area contributed by atoms with Gasteiger partial charge in [0, 0.05) is 12.6 Å². The number of nitrogens with zero attached hydrogens (tertiary/aromatic N) is 3. The smallest absolute Gasteiger partial charge is 0.152 e. The van der Waals surface area contributed by atoms with Crippen LogP contribution in [-0.2, 0) is 13.5 Å². The summed E-state index contributed by atoms with van der Waals surface area (Å²) in [6.45, 7) is 0. The van der Waals surface area contributed by atoms with Gasteiger partial charge < -0.3 is 9.30 Å². The number of halogens is 1. The van der Waals surface area contributed by atoms with Crippen LogP contribution in [0.2, 0.25) is 5.15 Å². The molecule has 0 unspecified atom stereocenters.